The molecular weight excluding hydrogens is 462 g/mol. The number of carbonyl (C=O) groups is 2. The van der Waals surface area contributed by atoms with Gasteiger partial charge in [-0.1, -0.05) is 52.3 Å². The summed E-state index contributed by atoms with van der Waals surface area (Å²) in [6, 6.07) is 20.0. The van der Waals surface area contributed by atoms with E-state index in [0.29, 0.717) is 18.1 Å². The summed E-state index contributed by atoms with van der Waals surface area (Å²) >= 11 is 3.53. The lowest BCUT2D eigenvalue weighted by Crippen LogP contribution is -2.19. The van der Waals surface area contributed by atoms with Gasteiger partial charge < -0.3 is 10.1 Å². The number of para-hydroxylation sites is 1. The molecule has 9 heteroatoms. The van der Waals surface area contributed by atoms with E-state index in [1.807, 2.05) is 42.5 Å². The number of aromatic nitrogens is 4. The first-order valence-electron chi connectivity index (χ1n) is 9.37. The summed E-state index contributed by atoms with van der Waals surface area (Å²) in [7, 11) is 1.27. The predicted molar refractivity (Wildman–Crippen MR) is 118 cm³/mol. The molecule has 4 rings (SSSR count). The van der Waals surface area contributed by atoms with Crippen molar-refractivity contribution in [3.05, 3.63) is 94.4 Å². The highest BCUT2D eigenvalue weighted by molar-refractivity contribution is 9.10. The van der Waals surface area contributed by atoms with Crippen LogP contribution in [0.3, 0.4) is 0 Å². The molecule has 8 nitrogen and oxygen atoms in total. The average molecular weight is 480 g/mol. The largest absolute Gasteiger partial charge is 0.464 e. The lowest BCUT2D eigenvalue weighted by molar-refractivity contribution is 0.0593. The van der Waals surface area contributed by atoms with E-state index < -0.39 is 11.9 Å². The maximum Gasteiger partial charge on any atom is 0.358 e. The summed E-state index contributed by atoms with van der Waals surface area (Å²) in [6.45, 7) is 0.468. The Kier molecular flexibility index (Phi) is 5.94. The number of hydrogen-bond acceptors (Lipinski definition) is 5. The first-order valence-corrected chi connectivity index (χ1v) is 10.2. The molecule has 0 radical (unpaired) electrons. The van der Waals surface area contributed by atoms with E-state index >= 15 is 0 Å². The second kappa shape index (κ2) is 8.97. The molecule has 2 aromatic heterocycles. The summed E-state index contributed by atoms with van der Waals surface area (Å²) in [6.07, 6.45) is 1.61. The molecule has 4 aromatic rings. The van der Waals surface area contributed by atoms with E-state index in [9.17, 15) is 9.59 Å². The Labute approximate surface area is 186 Å². The van der Waals surface area contributed by atoms with Crippen LogP contribution in [0.5, 0.6) is 0 Å². The highest BCUT2D eigenvalue weighted by Crippen LogP contribution is 2.20. The Morgan fingerprint density at radius 2 is 1.81 bits per heavy atom. The van der Waals surface area contributed by atoms with Crippen molar-refractivity contribution in [1.82, 2.24) is 19.6 Å². The van der Waals surface area contributed by atoms with Crippen LogP contribution in [0.4, 0.5) is 5.82 Å². The highest BCUT2D eigenvalue weighted by atomic mass is 79.9. The molecule has 0 spiro atoms. The SMILES string of the molecule is COC(=O)c1cc(C(=O)Nc2ccnn2Cc2ccccc2Br)n(-c2ccccc2)n1. The van der Waals surface area contributed by atoms with Crippen LogP contribution in [0.25, 0.3) is 5.69 Å². The Hall–Kier alpha value is -3.72. The van der Waals surface area contributed by atoms with Crippen LogP contribution in [-0.2, 0) is 11.3 Å². The Morgan fingerprint density at radius 3 is 2.55 bits per heavy atom. The molecule has 0 aliphatic rings. The fourth-order valence-corrected chi connectivity index (χ4v) is 3.46. The Bertz CT molecular complexity index is 1230. The predicted octanol–water partition coefficient (Wildman–Crippen LogP) is 3.92. The lowest BCUT2D eigenvalue weighted by atomic mass is 10.2. The smallest absolute Gasteiger partial charge is 0.358 e. The number of rotatable bonds is 6. The van der Waals surface area contributed by atoms with Gasteiger partial charge in [0.2, 0.25) is 0 Å². The molecule has 1 N–H and O–H groups in total. The van der Waals surface area contributed by atoms with Gasteiger partial charge in [0.05, 0.1) is 25.5 Å². The summed E-state index contributed by atoms with van der Waals surface area (Å²) in [5, 5.41) is 11.4. The first kappa shape index (κ1) is 20.5. The minimum atomic E-state index is -0.622. The van der Waals surface area contributed by atoms with Crippen molar-refractivity contribution in [3.63, 3.8) is 0 Å². The number of ether oxygens (including phenoxy) is 1. The van der Waals surface area contributed by atoms with Crippen molar-refractivity contribution in [2.75, 3.05) is 12.4 Å². The van der Waals surface area contributed by atoms with E-state index in [2.05, 4.69) is 31.4 Å². The molecule has 2 heterocycles. The number of halogens is 1. The van der Waals surface area contributed by atoms with Crippen LogP contribution < -0.4 is 5.32 Å². The van der Waals surface area contributed by atoms with Gasteiger partial charge in [-0.2, -0.15) is 10.2 Å². The molecule has 31 heavy (non-hydrogen) atoms. The molecule has 1 amide bonds. The van der Waals surface area contributed by atoms with Crippen molar-refractivity contribution < 1.29 is 14.3 Å². The molecule has 156 valence electrons. The van der Waals surface area contributed by atoms with Gasteiger partial charge in [0.15, 0.2) is 5.69 Å². The van der Waals surface area contributed by atoms with Crippen LogP contribution in [0.2, 0.25) is 0 Å². The molecule has 0 aliphatic heterocycles. The monoisotopic (exact) mass is 479 g/mol. The van der Waals surface area contributed by atoms with E-state index in [-0.39, 0.29) is 11.4 Å². The second-order valence-corrected chi connectivity index (χ2v) is 7.43. The summed E-state index contributed by atoms with van der Waals surface area (Å²) < 4.78 is 8.81. The summed E-state index contributed by atoms with van der Waals surface area (Å²) in [4.78, 5) is 25.1. The van der Waals surface area contributed by atoms with Crippen LogP contribution in [0, 0.1) is 0 Å². The fraction of sp³-hybridized carbons (Fsp3) is 0.0909. The van der Waals surface area contributed by atoms with Gasteiger partial charge in [-0.25, -0.2) is 14.2 Å². The van der Waals surface area contributed by atoms with Crippen molar-refractivity contribution in [2.45, 2.75) is 6.54 Å². The number of anilines is 1. The number of esters is 1. The zero-order valence-corrected chi connectivity index (χ0v) is 18.1. The molecule has 0 fully saturated rings. The topological polar surface area (TPSA) is 91.0 Å². The summed E-state index contributed by atoms with van der Waals surface area (Å²) in [5.74, 6) is -0.538. The average Bonchev–Trinajstić information content (AvgIpc) is 3.43. The Morgan fingerprint density at radius 1 is 1.06 bits per heavy atom. The van der Waals surface area contributed by atoms with Gasteiger partial charge in [-0.3, -0.25) is 4.79 Å². The normalized spacial score (nSPS) is 10.6. The van der Waals surface area contributed by atoms with Crippen LogP contribution >= 0.6 is 15.9 Å². The Balaban J connectivity index is 1.64. The maximum atomic E-state index is 13.1. The van der Waals surface area contributed by atoms with Gasteiger partial charge in [0.25, 0.3) is 5.91 Å². The van der Waals surface area contributed by atoms with Crippen LogP contribution in [0.1, 0.15) is 26.5 Å². The van der Waals surface area contributed by atoms with Crippen molar-refractivity contribution >= 4 is 33.6 Å². The van der Waals surface area contributed by atoms with Gasteiger partial charge in [0, 0.05) is 16.6 Å². The highest BCUT2D eigenvalue weighted by Gasteiger charge is 2.21. The third kappa shape index (κ3) is 4.41. The van der Waals surface area contributed by atoms with E-state index in [1.54, 1.807) is 29.1 Å². The third-order valence-electron chi connectivity index (χ3n) is 4.57. The number of nitrogens with zero attached hydrogens (tertiary/aromatic N) is 4. The third-order valence-corrected chi connectivity index (χ3v) is 5.35. The number of nitrogens with one attached hydrogen (secondary N) is 1. The molecule has 0 aliphatic carbocycles. The van der Waals surface area contributed by atoms with Crippen molar-refractivity contribution in [1.29, 1.82) is 0 Å². The van der Waals surface area contributed by atoms with Crippen LogP contribution in [-0.4, -0.2) is 38.5 Å². The molecule has 0 saturated heterocycles. The zero-order chi connectivity index (χ0) is 21.8. The zero-order valence-electron chi connectivity index (χ0n) is 16.5. The number of hydrogen-bond donors (Lipinski definition) is 1. The molecule has 0 saturated carbocycles. The molecule has 0 unspecified atom stereocenters. The van der Waals surface area contributed by atoms with Crippen molar-refractivity contribution in [3.8, 4) is 5.69 Å². The fourth-order valence-electron chi connectivity index (χ4n) is 3.05. The van der Waals surface area contributed by atoms with Crippen LogP contribution in [0.15, 0.2) is 77.4 Å². The van der Waals surface area contributed by atoms with Gasteiger partial charge in [-0.15, -0.1) is 0 Å². The molecule has 0 bridgehead atoms. The molecule has 0 atom stereocenters. The quantitative estimate of drug-likeness (QED) is 0.423. The van der Waals surface area contributed by atoms with E-state index in [4.69, 9.17) is 4.74 Å². The van der Waals surface area contributed by atoms with Gasteiger partial charge in [-0.05, 0) is 23.8 Å². The molecular formula is C22H18BrN5O3. The maximum absolute atomic E-state index is 13.1. The standard InChI is InChI=1S/C22H18BrN5O3/c1-31-22(30)18-13-19(28(26-18)16-8-3-2-4-9-16)21(29)25-20-11-12-24-27(20)14-15-7-5-6-10-17(15)23/h2-13H,14H2,1H3,(H,25,29). The lowest BCUT2D eigenvalue weighted by Gasteiger charge is -2.11. The van der Waals surface area contributed by atoms with Crippen molar-refractivity contribution in [2.24, 2.45) is 0 Å². The number of benzene rings is 2. The van der Waals surface area contributed by atoms with E-state index in [1.165, 1.54) is 17.9 Å². The second-order valence-electron chi connectivity index (χ2n) is 6.57. The van der Waals surface area contributed by atoms with E-state index in [0.717, 1.165) is 10.0 Å². The number of amides is 1. The summed E-state index contributed by atoms with van der Waals surface area (Å²) in [5.41, 5.74) is 1.90. The number of carbonyl (C=O) groups excluding carboxylic acids is 2. The minimum absolute atomic E-state index is 0.0400. The minimum Gasteiger partial charge on any atom is -0.464 e. The van der Waals surface area contributed by atoms with Gasteiger partial charge >= 0.3 is 5.97 Å². The number of methoxy groups -OCH3 is 1. The van der Waals surface area contributed by atoms with Gasteiger partial charge in [0.1, 0.15) is 11.5 Å². The first-order chi connectivity index (χ1) is 15.1. The molecule has 2 aromatic carbocycles.